The van der Waals surface area contributed by atoms with Crippen molar-refractivity contribution in [1.29, 1.82) is 0 Å². The van der Waals surface area contributed by atoms with E-state index >= 15 is 0 Å². The Morgan fingerprint density at radius 2 is 0.695 bits per heavy atom. The van der Waals surface area contributed by atoms with Gasteiger partial charge in [0.25, 0.3) is 0 Å². The first kappa shape index (κ1) is 37.6. The summed E-state index contributed by atoms with van der Waals surface area (Å²) in [7, 11) is 0. The van der Waals surface area contributed by atoms with Crippen LogP contribution < -0.4 is 0 Å². The van der Waals surface area contributed by atoms with Crippen LogP contribution in [0.15, 0.2) is 91.0 Å². The van der Waals surface area contributed by atoms with Gasteiger partial charge < -0.3 is 9.97 Å². The molecule has 0 saturated carbocycles. The summed E-state index contributed by atoms with van der Waals surface area (Å²) in [4.78, 5) is 18.8. The summed E-state index contributed by atoms with van der Waals surface area (Å²) in [5, 5.41) is 0. The van der Waals surface area contributed by atoms with Gasteiger partial charge in [-0.2, -0.15) is 0 Å². The second kappa shape index (κ2) is 14.8. The first-order valence-electron chi connectivity index (χ1n) is 20.4. The Morgan fingerprint density at radius 1 is 0.356 bits per heavy atom. The molecule has 2 N–H and O–H groups in total. The maximum atomic E-state index is 5.45. The monoisotopic (exact) mass is 764 g/mol. The Hall–Kier alpha value is -6.96. The quantitative estimate of drug-likeness (QED) is 0.176. The van der Waals surface area contributed by atoms with E-state index in [-0.39, 0.29) is 0 Å². The minimum absolute atomic E-state index is 0.784. The van der Waals surface area contributed by atoms with Crippen LogP contribution in [-0.4, -0.2) is 19.9 Å². The molecule has 288 valence electrons. The molecule has 0 saturated heterocycles. The summed E-state index contributed by atoms with van der Waals surface area (Å²) >= 11 is 0. The van der Waals surface area contributed by atoms with Gasteiger partial charge in [0, 0.05) is 44.3 Å². The lowest BCUT2D eigenvalue weighted by Crippen LogP contribution is -1.95. The molecule has 8 bridgehead atoms. The van der Waals surface area contributed by atoms with E-state index in [1.54, 1.807) is 0 Å². The third-order valence-corrected chi connectivity index (χ3v) is 11.6. The third kappa shape index (κ3) is 6.83. The molecule has 4 nitrogen and oxygen atoms in total. The number of rotatable bonds is 3. The van der Waals surface area contributed by atoms with Gasteiger partial charge in [-0.25, -0.2) is 9.97 Å². The van der Waals surface area contributed by atoms with E-state index in [9.17, 15) is 0 Å². The van der Waals surface area contributed by atoms with Gasteiger partial charge in [0.15, 0.2) is 0 Å². The number of aryl methyl sites for hydroxylation is 9. The maximum absolute atomic E-state index is 5.45. The highest BCUT2D eigenvalue weighted by Crippen LogP contribution is 2.41. The number of nitrogens with zero attached hydrogens (tertiary/aromatic N) is 2. The molecule has 3 aromatic heterocycles. The summed E-state index contributed by atoms with van der Waals surface area (Å²) in [6, 6.07) is 32.7. The summed E-state index contributed by atoms with van der Waals surface area (Å²) in [6.45, 7) is 19.8. The fourth-order valence-electron chi connectivity index (χ4n) is 9.51. The topological polar surface area (TPSA) is 57.4 Å². The molecule has 0 fully saturated rings. The molecule has 4 aromatic carbocycles. The van der Waals surface area contributed by atoms with Crippen LogP contribution in [0.5, 0.6) is 0 Å². The van der Waals surface area contributed by atoms with E-state index in [0.29, 0.717) is 0 Å². The lowest BCUT2D eigenvalue weighted by atomic mass is 9.92. The third-order valence-electron chi connectivity index (χ3n) is 11.6. The van der Waals surface area contributed by atoms with Crippen LogP contribution in [0, 0.1) is 74.2 Å². The second-order valence-electron chi connectivity index (χ2n) is 16.4. The van der Waals surface area contributed by atoms with Gasteiger partial charge in [-0.3, -0.25) is 0 Å². The van der Waals surface area contributed by atoms with Crippen LogP contribution in [0.25, 0.3) is 79.8 Å². The zero-order valence-electron chi connectivity index (χ0n) is 35.4. The highest BCUT2D eigenvalue weighted by atomic mass is 14.8. The first-order chi connectivity index (χ1) is 28.4. The molecule has 2 aliphatic rings. The first-order valence-corrected chi connectivity index (χ1v) is 20.4. The smallest absolute Gasteiger partial charge is 0.0816 e. The SMILES string of the molecule is Cc1cc(C)c(-c2c3nc(c(C#Cc4ccccc4)c4nc(c(-c5c(C)cc(C)cc5C)c5ccc([nH]5)c(-c5c(C)cc(C)cc5C)c5ccc2[nH]5)C=C4)C=C3)c(C)c1. The Labute approximate surface area is 347 Å². The second-order valence-corrected chi connectivity index (χ2v) is 16.4. The molecule has 2 aliphatic heterocycles. The highest BCUT2D eigenvalue weighted by Gasteiger charge is 2.21. The molecule has 0 aliphatic carbocycles. The van der Waals surface area contributed by atoms with Crippen LogP contribution >= 0.6 is 0 Å². The summed E-state index contributed by atoms with van der Waals surface area (Å²) in [5.74, 6) is 6.98. The molecule has 0 amide bonds. The lowest BCUT2D eigenvalue weighted by molar-refractivity contribution is 1.25. The van der Waals surface area contributed by atoms with Crippen molar-refractivity contribution in [3.8, 4) is 45.2 Å². The summed E-state index contributed by atoms with van der Waals surface area (Å²) in [6.07, 6.45) is 8.49. The fraction of sp³-hybridized carbons (Fsp3) is 0.164. The van der Waals surface area contributed by atoms with E-state index in [4.69, 9.17) is 9.97 Å². The van der Waals surface area contributed by atoms with Crippen LogP contribution in [0.1, 0.15) is 84.0 Å². The van der Waals surface area contributed by atoms with E-state index in [2.05, 4.69) is 169 Å². The number of hydrogen-bond donors (Lipinski definition) is 2. The molecule has 0 atom stereocenters. The van der Waals surface area contributed by atoms with Crippen molar-refractivity contribution in [3.63, 3.8) is 0 Å². The molecule has 4 heteroatoms. The number of H-pyrrole nitrogens is 2. The highest BCUT2D eigenvalue weighted by molar-refractivity contribution is 6.01. The largest absolute Gasteiger partial charge is 0.354 e. The zero-order chi connectivity index (χ0) is 41.1. The maximum Gasteiger partial charge on any atom is 0.0816 e. The van der Waals surface area contributed by atoms with E-state index in [1.807, 2.05) is 30.3 Å². The molecule has 5 heterocycles. The number of fused-ring (bicyclic) bond motifs is 8. The number of nitrogens with one attached hydrogen (secondary N) is 2. The number of hydrogen-bond acceptors (Lipinski definition) is 2. The van der Waals surface area contributed by atoms with Gasteiger partial charge in [0.05, 0.1) is 28.3 Å². The minimum Gasteiger partial charge on any atom is -0.354 e. The van der Waals surface area contributed by atoms with Crippen molar-refractivity contribution in [2.24, 2.45) is 0 Å². The molecular formula is C55H48N4. The molecule has 9 rings (SSSR count). The number of aromatic nitrogens is 4. The normalized spacial score (nSPS) is 11.9. The minimum atomic E-state index is 0.784. The molecule has 7 aromatic rings. The average Bonchev–Trinajstić information content (AvgIpc) is 4.02. The van der Waals surface area contributed by atoms with Crippen molar-refractivity contribution in [2.45, 2.75) is 62.3 Å². The fourth-order valence-corrected chi connectivity index (χ4v) is 9.51. The number of aromatic amines is 2. The van der Waals surface area contributed by atoms with Gasteiger partial charge in [0.2, 0.25) is 0 Å². The Balaban J connectivity index is 1.50. The molecular weight excluding hydrogens is 717 g/mol. The van der Waals surface area contributed by atoms with Crippen LogP contribution in [0.3, 0.4) is 0 Å². The van der Waals surface area contributed by atoms with Crippen molar-refractivity contribution < 1.29 is 0 Å². The van der Waals surface area contributed by atoms with E-state index < -0.39 is 0 Å². The van der Waals surface area contributed by atoms with E-state index in [0.717, 1.165) is 72.7 Å². The van der Waals surface area contributed by atoms with E-state index in [1.165, 1.54) is 66.8 Å². The van der Waals surface area contributed by atoms with Crippen LogP contribution in [0.4, 0.5) is 0 Å². The molecule has 0 spiro atoms. The van der Waals surface area contributed by atoms with Gasteiger partial charge >= 0.3 is 0 Å². The van der Waals surface area contributed by atoms with Gasteiger partial charge in [-0.05, 0) is 173 Å². The number of benzene rings is 4. The Bertz CT molecular complexity index is 2960. The molecule has 0 unspecified atom stereocenters. The van der Waals surface area contributed by atoms with Crippen LogP contribution in [0.2, 0.25) is 0 Å². The van der Waals surface area contributed by atoms with Gasteiger partial charge in [-0.1, -0.05) is 83.1 Å². The predicted octanol–water partition coefficient (Wildman–Crippen LogP) is 13.8. The van der Waals surface area contributed by atoms with Gasteiger partial charge in [-0.15, -0.1) is 0 Å². The van der Waals surface area contributed by atoms with Crippen molar-refractivity contribution in [2.75, 3.05) is 0 Å². The zero-order valence-corrected chi connectivity index (χ0v) is 35.4. The standard InChI is InChI=1S/C55H48N4/c1-31-25-34(4)50(35(5)26-31)53-44-19-17-42(56-44)41(16-15-40-13-11-10-12-14-40)43-18-20-45(57-43)54(51-36(6)27-32(2)28-37(51)7)47-22-24-49(59-47)55(48-23-21-46(53)58-48)52-38(8)29-33(3)30-39(52)9/h10-14,17-30,58-59H,1-9H3. The van der Waals surface area contributed by atoms with Crippen molar-refractivity contribution in [1.82, 2.24) is 19.9 Å². The summed E-state index contributed by atoms with van der Waals surface area (Å²) in [5.41, 5.74) is 26.9. The predicted molar refractivity (Wildman–Crippen MR) is 250 cm³/mol. The van der Waals surface area contributed by atoms with Gasteiger partial charge in [0.1, 0.15) is 0 Å². The molecule has 59 heavy (non-hydrogen) atoms. The molecule has 0 radical (unpaired) electrons. The Morgan fingerprint density at radius 3 is 1.08 bits per heavy atom. The average molecular weight is 765 g/mol. The lowest BCUT2D eigenvalue weighted by Gasteiger charge is -2.14. The summed E-state index contributed by atoms with van der Waals surface area (Å²) < 4.78 is 0. The van der Waals surface area contributed by atoms with Crippen LogP contribution in [-0.2, 0) is 0 Å². The van der Waals surface area contributed by atoms with Crippen molar-refractivity contribution in [3.05, 3.63) is 175 Å². The Kier molecular flexibility index (Phi) is 9.41. The van der Waals surface area contributed by atoms with Crippen molar-refractivity contribution >= 4 is 46.4 Å².